The molecule has 9 nitrogen and oxygen atoms in total. The number of H-pyrrole nitrogens is 1. The minimum atomic E-state index is -1.04. The van der Waals surface area contributed by atoms with Crippen molar-refractivity contribution in [2.75, 3.05) is 53.4 Å². The third-order valence-electron chi connectivity index (χ3n) is 8.51. The number of phenols is 1. The van der Waals surface area contributed by atoms with Gasteiger partial charge in [0.05, 0.1) is 7.11 Å². The van der Waals surface area contributed by atoms with Crippen LogP contribution in [0.1, 0.15) is 36.2 Å². The van der Waals surface area contributed by atoms with Crippen LogP contribution in [0.25, 0.3) is 10.9 Å². The highest BCUT2D eigenvalue weighted by molar-refractivity contribution is 6.08. The minimum Gasteiger partial charge on any atom is -0.508 e. The van der Waals surface area contributed by atoms with Crippen LogP contribution >= 0.6 is 0 Å². The van der Waals surface area contributed by atoms with Gasteiger partial charge < -0.3 is 24.6 Å². The van der Waals surface area contributed by atoms with Gasteiger partial charge in [-0.2, -0.15) is 0 Å². The number of ether oxygens (including phenoxy) is 1. The molecule has 0 spiro atoms. The van der Waals surface area contributed by atoms with E-state index in [0.29, 0.717) is 13.0 Å². The van der Waals surface area contributed by atoms with Crippen molar-refractivity contribution in [2.45, 2.75) is 31.3 Å². The van der Waals surface area contributed by atoms with Crippen molar-refractivity contribution >= 4 is 22.8 Å². The number of piperazine rings is 1. The molecule has 3 amide bonds. The smallest absolute Gasteiger partial charge is 0.328 e. The predicted molar refractivity (Wildman–Crippen MR) is 144 cm³/mol. The highest BCUT2D eigenvalue weighted by Crippen LogP contribution is 2.49. The first kappa shape index (κ1) is 24.8. The molecule has 38 heavy (non-hydrogen) atoms. The summed E-state index contributed by atoms with van der Waals surface area (Å²) in [4.78, 5) is 39.4. The quantitative estimate of drug-likeness (QED) is 0.488. The Labute approximate surface area is 222 Å². The molecule has 0 aliphatic carbocycles. The molecular weight excluding hydrogens is 482 g/mol. The zero-order valence-corrected chi connectivity index (χ0v) is 22.2. The fourth-order valence-corrected chi connectivity index (χ4v) is 6.38. The molecule has 2 N–H and O–H groups in total. The maximum absolute atomic E-state index is 14.0. The topological polar surface area (TPSA) is 92.4 Å². The second-order valence-electron chi connectivity index (χ2n) is 11.0. The Bertz CT molecular complexity index is 1390. The van der Waals surface area contributed by atoms with Crippen LogP contribution in [0.2, 0.25) is 0 Å². The van der Waals surface area contributed by atoms with Gasteiger partial charge in [0.2, 0.25) is 0 Å². The number of aromatic hydroxyl groups is 1. The lowest BCUT2D eigenvalue weighted by Crippen LogP contribution is -2.53. The van der Waals surface area contributed by atoms with E-state index in [1.54, 1.807) is 30.2 Å². The monoisotopic (exact) mass is 517 g/mol. The number of urea groups is 1. The number of benzene rings is 2. The van der Waals surface area contributed by atoms with Crippen LogP contribution in [-0.2, 0) is 11.2 Å². The van der Waals surface area contributed by atoms with Crippen LogP contribution in [0.4, 0.5) is 4.79 Å². The van der Waals surface area contributed by atoms with Crippen molar-refractivity contribution in [3.05, 3.63) is 59.3 Å². The van der Waals surface area contributed by atoms with Crippen molar-refractivity contribution in [2.24, 2.45) is 0 Å². The minimum absolute atomic E-state index is 0.121. The lowest BCUT2D eigenvalue weighted by molar-refractivity contribution is -0.133. The molecule has 0 radical (unpaired) electrons. The largest absolute Gasteiger partial charge is 0.508 e. The van der Waals surface area contributed by atoms with Gasteiger partial charge in [-0.25, -0.2) is 4.79 Å². The number of amides is 3. The first-order chi connectivity index (χ1) is 18.3. The van der Waals surface area contributed by atoms with E-state index in [1.807, 2.05) is 31.2 Å². The number of hydrogen-bond donors (Lipinski definition) is 2. The van der Waals surface area contributed by atoms with Gasteiger partial charge in [-0.05, 0) is 68.4 Å². The van der Waals surface area contributed by atoms with E-state index in [2.05, 4.69) is 21.8 Å². The molecule has 0 saturated carbocycles. The number of aromatic amines is 1. The molecule has 0 bridgehead atoms. The average molecular weight is 518 g/mol. The Kier molecular flexibility index (Phi) is 6.07. The number of aromatic nitrogens is 1. The molecule has 2 fully saturated rings. The van der Waals surface area contributed by atoms with Crippen molar-refractivity contribution < 1.29 is 19.4 Å². The number of rotatable bonds is 6. The molecule has 9 heteroatoms. The number of methoxy groups -OCH3 is 1. The van der Waals surface area contributed by atoms with E-state index in [4.69, 9.17) is 4.74 Å². The molecule has 6 rings (SSSR count). The summed E-state index contributed by atoms with van der Waals surface area (Å²) in [6.45, 7) is 7.23. The maximum Gasteiger partial charge on any atom is 0.328 e. The summed E-state index contributed by atoms with van der Waals surface area (Å²) in [5.41, 5.74) is 2.53. The second kappa shape index (κ2) is 9.32. The highest BCUT2D eigenvalue weighted by atomic mass is 16.5. The van der Waals surface area contributed by atoms with Gasteiger partial charge in [0.1, 0.15) is 23.1 Å². The number of carbonyl (C=O) groups is 2. The zero-order valence-electron chi connectivity index (χ0n) is 22.2. The van der Waals surface area contributed by atoms with E-state index in [1.165, 1.54) is 4.90 Å². The number of nitrogens with zero attached hydrogens (tertiary/aromatic N) is 4. The molecule has 2 aromatic carbocycles. The van der Waals surface area contributed by atoms with Crippen LogP contribution in [0.5, 0.6) is 11.5 Å². The van der Waals surface area contributed by atoms with Gasteiger partial charge in [-0.1, -0.05) is 12.1 Å². The fourth-order valence-electron chi connectivity index (χ4n) is 6.38. The Morgan fingerprint density at radius 3 is 2.61 bits per heavy atom. The van der Waals surface area contributed by atoms with E-state index in [0.717, 1.165) is 72.6 Å². The summed E-state index contributed by atoms with van der Waals surface area (Å²) in [7, 11) is 3.77. The Morgan fingerprint density at radius 2 is 1.87 bits per heavy atom. The number of fused-ring (bicyclic) bond motifs is 4. The summed E-state index contributed by atoms with van der Waals surface area (Å²) >= 11 is 0. The Morgan fingerprint density at radius 1 is 1.08 bits per heavy atom. The molecule has 2 atom stereocenters. The van der Waals surface area contributed by atoms with Gasteiger partial charge in [-0.3, -0.25) is 14.6 Å². The molecule has 4 heterocycles. The Balaban J connectivity index is 1.36. The zero-order chi connectivity index (χ0) is 26.6. The summed E-state index contributed by atoms with van der Waals surface area (Å²) in [6, 6.07) is 12.0. The highest BCUT2D eigenvalue weighted by Gasteiger charge is 2.60. The van der Waals surface area contributed by atoms with Gasteiger partial charge in [0, 0.05) is 55.7 Å². The molecule has 3 aliphatic heterocycles. The van der Waals surface area contributed by atoms with Gasteiger partial charge in [-0.15, -0.1) is 0 Å². The first-order valence-electron chi connectivity index (χ1n) is 13.3. The number of nitrogens with one attached hydrogen (secondary N) is 1. The summed E-state index contributed by atoms with van der Waals surface area (Å²) in [5.74, 6) is 0.699. The molecule has 3 aromatic rings. The first-order valence-corrected chi connectivity index (χ1v) is 13.3. The van der Waals surface area contributed by atoms with E-state index < -0.39 is 11.6 Å². The lowest BCUT2D eigenvalue weighted by Gasteiger charge is -2.42. The maximum atomic E-state index is 14.0. The molecular formula is C29H35N5O4. The number of hydrogen-bond acceptors (Lipinski definition) is 6. The number of likely N-dealkylation sites (N-methyl/N-ethyl adjacent to an activating group) is 1. The molecule has 2 saturated heterocycles. The molecule has 2 unspecified atom stereocenters. The van der Waals surface area contributed by atoms with E-state index in [9.17, 15) is 14.7 Å². The fraction of sp³-hybridized carbons (Fsp3) is 0.448. The molecule has 1 aromatic heterocycles. The van der Waals surface area contributed by atoms with Gasteiger partial charge in [0.15, 0.2) is 0 Å². The van der Waals surface area contributed by atoms with Crippen LogP contribution in [0.3, 0.4) is 0 Å². The molecule has 3 aliphatic rings. The standard InChI is InChI=1S/C29H35N5O4/c1-29-18-23-22-17-21(38-3)8-9-24(22)30-25(23)26(19-6-4-7-20(35)16-19)34(29)28(37)33(27(29)36)11-5-10-32-14-12-31(2)13-15-32/h4,6-9,16-17,26,30,35H,5,10-15,18H2,1-3H3. The lowest BCUT2D eigenvalue weighted by atomic mass is 9.81. The van der Waals surface area contributed by atoms with Crippen LogP contribution in [0.15, 0.2) is 42.5 Å². The number of phenolic OH excluding ortho intramolecular Hbond substituents is 1. The van der Waals surface area contributed by atoms with Crippen molar-refractivity contribution in [1.29, 1.82) is 0 Å². The summed E-state index contributed by atoms with van der Waals surface area (Å²) < 4.78 is 5.48. The van der Waals surface area contributed by atoms with E-state index >= 15 is 0 Å². The average Bonchev–Trinajstić information content (AvgIpc) is 3.35. The SMILES string of the molecule is COc1ccc2[nH]c3c(c2c1)CC1(C)C(=O)N(CCCN2CCN(C)CC2)C(=O)N1C3c1cccc(O)c1. The summed E-state index contributed by atoms with van der Waals surface area (Å²) in [5, 5.41) is 11.3. The van der Waals surface area contributed by atoms with Gasteiger partial charge in [0.25, 0.3) is 5.91 Å². The normalized spacial score (nSPS) is 24.2. The third kappa shape index (κ3) is 3.92. The third-order valence-corrected chi connectivity index (χ3v) is 8.51. The van der Waals surface area contributed by atoms with Crippen molar-refractivity contribution in [3.8, 4) is 11.5 Å². The van der Waals surface area contributed by atoms with Gasteiger partial charge >= 0.3 is 6.03 Å². The number of carbonyl (C=O) groups excluding carboxylic acids is 2. The van der Waals surface area contributed by atoms with E-state index in [-0.39, 0.29) is 17.7 Å². The number of imide groups is 1. The van der Waals surface area contributed by atoms with Crippen LogP contribution in [0, 0.1) is 0 Å². The van der Waals surface area contributed by atoms with Crippen molar-refractivity contribution in [1.82, 2.24) is 24.6 Å². The van der Waals surface area contributed by atoms with Crippen molar-refractivity contribution in [3.63, 3.8) is 0 Å². The molecule has 200 valence electrons. The van der Waals surface area contributed by atoms with Crippen LogP contribution < -0.4 is 4.74 Å². The Hall–Kier alpha value is -3.56. The predicted octanol–water partition coefficient (Wildman–Crippen LogP) is 3.19. The van der Waals surface area contributed by atoms with Crippen LogP contribution in [-0.4, -0.2) is 101 Å². The summed E-state index contributed by atoms with van der Waals surface area (Å²) in [6.07, 6.45) is 1.15. The second-order valence-corrected chi connectivity index (χ2v) is 11.0.